The molecule has 0 spiro atoms. The first-order chi connectivity index (χ1) is 12.9. The summed E-state index contributed by atoms with van der Waals surface area (Å²) >= 11 is 0. The Morgan fingerprint density at radius 2 is 1.72 bits per heavy atom. The maximum Gasteiger partial charge on any atom is 0.243 e. The molecule has 10 heteroatoms. The number of nitrogens with one attached hydrogen (secondary N) is 1. The largest absolute Gasteiger partial charge is 0.351 e. The Hall–Kier alpha value is -0.900. The number of nitrogens with two attached hydrogens (primary N) is 1. The van der Waals surface area contributed by atoms with Crippen LogP contribution in [-0.2, 0) is 14.8 Å². The number of piperazine rings is 1. The van der Waals surface area contributed by atoms with Crippen LogP contribution in [0.2, 0.25) is 0 Å². The number of nitrogens with zero attached hydrogens (tertiary/aromatic N) is 2. The molecule has 0 radical (unpaired) electrons. The van der Waals surface area contributed by atoms with Gasteiger partial charge in [0, 0.05) is 38.8 Å². The Kier molecular flexibility index (Phi) is 13.0. The highest BCUT2D eigenvalue weighted by Crippen LogP contribution is 2.18. The Labute approximate surface area is 187 Å². The molecule has 0 aromatic heterocycles. The lowest BCUT2D eigenvalue weighted by atomic mass is 10.1. The molecule has 1 aromatic carbocycles. The SMILES string of the molecule is CCCCC(CN)NC(=O)CN1CCN(S(=O)(=O)c2ccc(C)cc2)CC1.Cl.Cl. The summed E-state index contributed by atoms with van der Waals surface area (Å²) in [5, 5.41) is 2.98. The molecule has 0 aliphatic carbocycles. The molecule has 2 rings (SSSR count). The van der Waals surface area contributed by atoms with Crippen LogP contribution < -0.4 is 11.1 Å². The summed E-state index contributed by atoms with van der Waals surface area (Å²) in [7, 11) is -3.47. The molecular formula is C19H34Cl2N4O3S. The van der Waals surface area contributed by atoms with Gasteiger partial charge in [-0.1, -0.05) is 37.5 Å². The van der Waals surface area contributed by atoms with E-state index in [0.29, 0.717) is 37.6 Å². The monoisotopic (exact) mass is 468 g/mol. The highest BCUT2D eigenvalue weighted by atomic mass is 35.5. The predicted octanol–water partition coefficient (Wildman–Crippen LogP) is 1.78. The van der Waals surface area contributed by atoms with Crippen LogP contribution in [0.15, 0.2) is 29.2 Å². The minimum Gasteiger partial charge on any atom is -0.351 e. The topological polar surface area (TPSA) is 95.7 Å². The molecule has 29 heavy (non-hydrogen) atoms. The van der Waals surface area contributed by atoms with Gasteiger partial charge in [-0.2, -0.15) is 4.31 Å². The number of rotatable bonds is 9. The van der Waals surface area contributed by atoms with Gasteiger partial charge in [-0.25, -0.2) is 8.42 Å². The maximum atomic E-state index is 12.7. The number of sulfonamides is 1. The van der Waals surface area contributed by atoms with Crippen molar-refractivity contribution in [3.8, 4) is 0 Å². The number of carbonyl (C=O) groups excluding carboxylic acids is 1. The zero-order valence-corrected chi connectivity index (χ0v) is 19.6. The smallest absolute Gasteiger partial charge is 0.243 e. The normalized spacial score (nSPS) is 16.4. The number of benzene rings is 1. The number of amides is 1. The van der Waals surface area contributed by atoms with Crippen LogP contribution in [0, 0.1) is 6.92 Å². The Bertz CT molecular complexity index is 709. The molecule has 168 valence electrons. The third kappa shape index (κ3) is 8.39. The minimum atomic E-state index is -3.47. The molecule has 1 heterocycles. The zero-order valence-electron chi connectivity index (χ0n) is 17.2. The van der Waals surface area contributed by atoms with Gasteiger partial charge in [0.05, 0.1) is 11.4 Å². The standard InChI is InChI=1S/C19H32N4O3S.2ClH/c1-3-4-5-17(14-20)21-19(24)15-22-10-12-23(13-11-22)27(25,26)18-8-6-16(2)7-9-18;;/h6-9,17H,3-5,10-15,20H2,1-2H3,(H,21,24);2*1H. The number of carbonyl (C=O) groups is 1. The summed E-state index contributed by atoms with van der Waals surface area (Å²) in [5.41, 5.74) is 6.75. The zero-order chi connectivity index (χ0) is 19.9. The van der Waals surface area contributed by atoms with Crippen molar-refractivity contribution in [1.29, 1.82) is 0 Å². The molecule has 1 aliphatic rings. The van der Waals surface area contributed by atoms with E-state index in [4.69, 9.17) is 5.73 Å². The molecule has 1 unspecified atom stereocenters. The fraction of sp³-hybridized carbons (Fsp3) is 0.632. The summed E-state index contributed by atoms with van der Waals surface area (Å²) in [5.74, 6) is -0.0450. The van der Waals surface area contributed by atoms with Crippen LogP contribution in [0.25, 0.3) is 0 Å². The van der Waals surface area contributed by atoms with Gasteiger partial charge in [0.25, 0.3) is 0 Å². The molecule has 1 amide bonds. The highest BCUT2D eigenvalue weighted by molar-refractivity contribution is 7.89. The number of hydrogen-bond acceptors (Lipinski definition) is 5. The lowest BCUT2D eigenvalue weighted by Gasteiger charge is -2.33. The van der Waals surface area contributed by atoms with Gasteiger partial charge >= 0.3 is 0 Å². The van der Waals surface area contributed by atoms with Crippen LogP contribution in [0.5, 0.6) is 0 Å². The van der Waals surface area contributed by atoms with E-state index in [-0.39, 0.29) is 43.3 Å². The van der Waals surface area contributed by atoms with Gasteiger partial charge in [-0.05, 0) is 25.5 Å². The van der Waals surface area contributed by atoms with Crippen molar-refractivity contribution < 1.29 is 13.2 Å². The minimum absolute atomic E-state index is 0. The fourth-order valence-corrected chi connectivity index (χ4v) is 4.59. The maximum absolute atomic E-state index is 12.7. The molecule has 1 fully saturated rings. The number of hydrogen-bond donors (Lipinski definition) is 2. The van der Waals surface area contributed by atoms with E-state index in [9.17, 15) is 13.2 Å². The van der Waals surface area contributed by atoms with E-state index in [1.807, 2.05) is 11.8 Å². The molecule has 1 atom stereocenters. The summed E-state index contributed by atoms with van der Waals surface area (Å²) in [6, 6.07) is 6.92. The van der Waals surface area contributed by atoms with Gasteiger partial charge in [-0.15, -0.1) is 24.8 Å². The van der Waals surface area contributed by atoms with Gasteiger partial charge in [0.15, 0.2) is 0 Å². The van der Waals surface area contributed by atoms with Crippen molar-refractivity contribution in [3.05, 3.63) is 29.8 Å². The first-order valence-corrected chi connectivity index (χ1v) is 11.1. The summed E-state index contributed by atoms with van der Waals surface area (Å²) < 4.78 is 26.9. The summed E-state index contributed by atoms with van der Waals surface area (Å²) in [6.45, 7) is 6.62. The van der Waals surface area contributed by atoms with Crippen LogP contribution >= 0.6 is 24.8 Å². The van der Waals surface area contributed by atoms with E-state index >= 15 is 0 Å². The first-order valence-electron chi connectivity index (χ1n) is 9.65. The van der Waals surface area contributed by atoms with Crippen molar-refractivity contribution in [3.63, 3.8) is 0 Å². The van der Waals surface area contributed by atoms with Crippen molar-refractivity contribution in [2.24, 2.45) is 5.73 Å². The second-order valence-electron chi connectivity index (χ2n) is 7.14. The van der Waals surface area contributed by atoms with E-state index in [1.165, 1.54) is 4.31 Å². The predicted molar refractivity (Wildman–Crippen MR) is 121 cm³/mol. The molecule has 0 saturated carbocycles. The van der Waals surface area contributed by atoms with Gasteiger partial charge < -0.3 is 11.1 Å². The first kappa shape index (κ1) is 28.1. The summed E-state index contributed by atoms with van der Waals surface area (Å²) in [4.78, 5) is 14.5. The van der Waals surface area contributed by atoms with Gasteiger partial charge in [-0.3, -0.25) is 9.69 Å². The number of unbranched alkanes of at least 4 members (excludes halogenated alkanes) is 1. The molecule has 0 bridgehead atoms. The van der Waals surface area contributed by atoms with E-state index < -0.39 is 10.0 Å². The second kappa shape index (κ2) is 13.4. The van der Waals surface area contributed by atoms with Gasteiger partial charge in [0.2, 0.25) is 15.9 Å². The van der Waals surface area contributed by atoms with Crippen LogP contribution in [-0.4, -0.2) is 68.8 Å². The Balaban J connectivity index is 0.00000392. The van der Waals surface area contributed by atoms with E-state index in [1.54, 1.807) is 24.3 Å². The number of aryl methyl sites for hydroxylation is 1. The molecule has 7 nitrogen and oxygen atoms in total. The van der Waals surface area contributed by atoms with Crippen molar-refractivity contribution >= 4 is 40.7 Å². The number of halogens is 2. The lowest BCUT2D eigenvalue weighted by molar-refractivity contribution is -0.123. The average Bonchev–Trinajstić information content (AvgIpc) is 2.66. The van der Waals surface area contributed by atoms with Crippen molar-refractivity contribution in [2.75, 3.05) is 39.3 Å². The summed E-state index contributed by atoms with van der Waals surface area (Å²) in [6.07, 6.45) is 3.00. The second-order valence-corrected chi connectivity index (χ2v) is 9.07. The van der Waals surface area contributed by atoms with E-state index in [2.05, 4.69) is 12.2 Å². The van der Waals surface area contributed by atoms with Crippen LogP contribution in [0.1, 0.15) is 31.7 Å². The van der Waals surface area contributed by atoms with Crippen molar-refractivity contribution in [1.82, 2.24) is 14.5 Å². The quantitative estimate of drug-likeness (QED) is 0.575. The fourth-order valence-electron chi connectivity index (χ4n) is 3.16. The molecular weight excluding hydrogens is 435 g/mol. The average molecular weight is 469 g/mol. The molecule has 1 aromatic rings. The molecule has 1 saturated heterocycles. The Morgan fingerprint density at radius 3 is 2.24 bits per heavy atom. The van der Waals surface area contributed by atoms with E-state index in [0.717, 1.165) is 24.8 Å². The van der Waals surface area contributed by atoms with Crippen LogP contribution in [0.4, 0.5) is 0 Å². The van der Waals surface area contributed by atoms with Crippen molar-refractivity contribution in [2.45, 2.75) is 44.0 Å². The molecule has 1 aliphatic heterocycles. The molecule has 3 N–H and O–H groups in total. The third-order valence-electron chi connectivity index (χ3n) is 4.91. The van der Waals surface area contributed by atoms with Gasteiger partial charge in [0.1, 0.15) is 0 Å². The lowest BCUT2D eigenvalue weighted by Crippen LogP contribution is -2.52. The highest BCUT2D eigenvalue weighted by Gasteiger charge is 2.29. The Morgan fingerprint density at radius 1 is 1.14 bits per heavy atom. The third-order valence-corrected chi connectivity index (χ3v) is 6.83. The van der Waals surface area contributed by atoms with Crippen LogP contribution in [0.3, 0.4) is 0 Å².